The first-order chi connectivity index (χ1) is 17.2. The number of anilines is 1. The summed E-state index contributed by atoms with van der Waals surface area (Å²) in [4.78, 5) is 28.1. The van der Waals surface area contributed by atoms with Crippen molar-refractivity contribution < 1.29 is 9.59 Å². The second kappa shape index (κ2) is 8.74. The van der Waals surface area contributed by atoms with E-state index in [-0.39, 0.29) is 11.1 Å². The molecule has 0 saturated carbocycles. The Balaban J connectivity index is 1.44. The van der Waals surface area contributed by atoms with Gasteiger partial charge < -0.3 is 0 Å². The van der Waals surface area contributed by atoms with Crippen LogP contribution >= 0.6 is 11.8 Å². The Labute approximate surface area is 206 Å². The molecule has 168 valence electrons. The number of amides is 2. The number of carbonyl (C=O) groups excluding carboxylic acids is 2. The highest BCUT2D eigenvalue weighted by molar-refractivity contribution is 8.19. The molecule has 0 aliphatic carbocycles. The molecule has 5 nitrogen and oxygen atoms in total. The molecule has 5 aromatic rings. The van der Waals surface area contributed by atoms with Crippen LogP contribution in [-0.2, 0) is 4.79 Å². The van der Waals surface area contributed by atoms with E-state index >= 15 is 0 Å². The van der Waals surface area contributed by atoms with E-state index in [2.05, 4.69) is 0 Å². The summed E-state index contributed by atoms with van der Waals surface area (Å²) in [6.45, 7) is 0. The number of thioether (sulfide) groups is 1. The molecule has 2 amide bonds. The molecule has 0 atom stereocenters. The summed E-state index contributed by atoms with van der Waals surface area (Å²) in [5, 5.41) is 6.33. The number of rotatable bonds is 4. The number of benzene rings is 4. The normalized spacial score (nSPS) is 14.9. The predicted molar refractivity (Wildman–Crippen MR) is 141 cm³/mol. The molecule has 0 unspecified atom stereocenters. The molecule has 1 aliphatic heterocycles. The van der Waals surface area contributed by atoms with Crippen LogP contribution in [-0.4, -0.2) is 20.9 Å². The standard InChI is InChI=1S/C29H19N3O2S/c33-28-26(35-29(34)32(28)25-17-9-13-20-10-7-8-16-24(20)25)18-22-19-31(23-14-5-2-6-15-23)30-27(22)21-11-3-1-4-12-21/h1-19H/b26-18-. The maximum atomic E-state index is 13.5. The summed E-state index contributed by atoms with van der Waals surface area (Å²) in [5.41, 5.74) is 3.95. The quantitative estimate of drug-likeness (QED) is 0.266. The number of para-hydroxylation sites is 1. The van der Waals surface area contributed by atoms with Crippen LogP contribution in [0.25, 0.3) is 33.8 Å². The number of imide groups is 1. The SMILES string of the molecule is O=C1S/C(=C\c2cn(-c3ccccc3)nc2-c2ccccc2)C(=O)N1c1cccc2ccccc12. The Morgan fingerprint density at radius 1 is 0.743 bits per heavy atom. The molecular formula is C29H19N3O2S. The number of fused-ring (bicyclic) bond motifs is 1. The summed E-state index contributed by atoms with van der Waals surface area (Å²) in [5.74, 6) is -0.331. The van der Waals surface area contributed by atoms with Gasteiger partial charge in [-0.3, -0.25) is 9.59 Å². The second-order valence-corrected chi connectivity index (χ2v) is 9.09. The van der Waals surface area contributed by atoms with Gasteiger partial charge in [-0.1, -0.05) is 84.9 Å². The molecular weight excluding hydrogens is 454 g/mol. The van der Waals surface area contributed by atoms with Crippen molar-refractivity contribution in [2.45, 2.75) is 0 Å². The van der Waals surface area contributed by atoms with Gasteiger partial charge in [0.15, 0.2) is 0 Å². The maximum absolute atomic E-state index is 13.5. The minimum absolute atomic E-state index is 0.311. The Morgan fingerprint density at radius 2 is 1.43 bits per heavy atom. The number of hydrogen-bond donors (Lipinski definition) is 0. The summed E-state index contributed by atoms with van der Waals surface area (Å²) in [6.07, 6.45) is 3.66. The van der Waals surface area contributed by atoms with Crippen molar-refractivity contribution in [2.24, 2.45) is 0 Å². The summed E-state index contributed by atoms with van der Waals surface area (Å²) in [6, 6.07) is 33.0. The fourth-order valence-electron chi connectivity index (χ4n) is 4.25. The van der Waals surface area contributed by atoms with Crippen LogP contribution in [0, 0.1) is 0 Å². The Hall–Kier alpha value is -4.42. The largest absolute Gasteiger partial charge is 0.298 e. The van der Waals surface area contributed by atoms with Crippen LogP contribution < -0.4 is 4.90 Å². The van der Waals surface area contributed by atoms with E-state index < -0.39 is 0 Å². The first-order valence-corrected chi connectivity index (χ1v) is 12.0. The Bertz CT molecular complexity index is 1600. The highest BCUT2D eigenvalue weighted by Gasteiger charge is 2.37. The molecule has 1 saturated heterocycles. The van der Waals surface area contributed by atoms with Gasteiger partial charge in [-0.25, -0.2) is 9.58 Å². The lowest BCUT2D eigenvalue weighted by Gasteiger charge is -2.15. The molecule has 2 heterocycles. The first kappa shape index (κ1) is 21.1. The zero-order valence-corrected chi connectivity index (χ0v) is 19.4. The van der Waals surface area contributed by atoms with Gasteiger partial charge in [0.1, 0.15) is 0 Å². The fraction of sp³-hybridized carbons (Fsp3) is 0. The van der Waals surface area contributed by atoms with E-state index in [0.29, 0.717) is 10.6 Å². The summed E-state index contributed by atoms with van der Waals surface area (Å²) in [7, 11) is 0. The lowest BCUT2D eigenvalue weighted by atomic mass is 10.1. The van der Waals surface area contributed by atoms with Crippen molar-refractivity contribution in [3.8, 4) is 16.9 Å². The van der Waals surface area contributed by atoms with Crippen molar-refractivity contribution in [3.05, 3.63) is 120 Å². The molecule has 1 aliphatic rings. The van der Waals surface area contributed by atoms with Crippen LogP contribution in [0.4, 0.5) is 10.5 Å². The van der Waals surface area contributed by atoms with Gasteiger partial charge >= 0.3 is 0 Å². The number of aromatic nitrogens is 2. The minimum Gasteiger partial charge on any atom is -0.268 e. The molecule has 6 rings (SSSR count). The predicted octanol–water partition coefficient (Wildman–Crippen LogP) is 6.93. The first-order valence-electron chi connectivity index (χ1n) is 11.2. The second-order valence-electron chi connectivity index (χ2n) is 8.09. The third-order valence-corrected chi connectivity index (χ3v) is 6.77. The minimum atomic E-state index is -0.331. The fourth-order valence-corrected chi connectivity index (χ4v) is 5.07. The molecule has 0 bridgehead atoms. The molecule has 1 fully saturated rings. The Kier molecular flexibility index (Phi) is 5.28. The number of hydrogen-bond acceptors (Lipinski definition) is 4. The van der Waals surface area contributed by atoms with Crippen molar-refractivity contribution in [1.82, 2.24) is 9.78 Å². The number of nitrogens with zero attached hydrogens (tertiary/aromatic N) is 3. The topological polar surface area (TPSA) is 55.2 Å². The molecule has 0 spiro atoms. The van der Waals surface area contributed by atoms with E-state index in [9.17, 15) is 9.59 Å². The van der Waals surface area contributed by atoms with Gasteiger partial charge in [-0.2, -0.15) is 5.10 Å². The molecule has 1 aromatic heterocycles. The van der Waals surface area contributed by atoms with Crippen LogP contribution in [0.1, 0.15) is 5.56 Å². The third kappa shape index (κ3) is 3.84. The van der Waals surface area contributed by atoms with E-state index in [4.69, 9.17) is 5.10 Å². The molecule has 6 heteroatoms. The van der Waals surface area contributed by atoms with Gasteiger partial charge in [-0.15, -0.1) is 0 Å². The average molecular weight is 474 g/mol. The summed E-state index contributed by atoms with van der Waals surface area (Å²) < 4.78 is 1.79. The van der Waals surface area contributed by atoms with Gasteiger partial charge in [-0.05, 0) is 41.4 Å². The summed E-state index contributed by atoms with van der Waals surface area (Å²) >= 11 is 0.950. The Morgan fingerprint density at radius 3 is 2.23 bits per heavy atom. The van der Waals surface area contributed by atoms with Crippen molar-refractivity contribution in [1.29, 1.82) is 0 Å². The zero-order valence-electron chi connectivity index (χ0n) is 18.5. The van der Waals surface area contributed by atoms with Gasteiger partial charge in [0.05, 0.1) is 22.0 Å². The highest BCUT2D eigenvalue weighted by atomic mass is 32.2. The monoisotopic (exact) mass is 473 g/mol. The zero-order chi connectivity index (χ0) is 23.8. The van der Waals surface area contributed by atoms with Gasteiger partial charge in [0.25, 0.3) is 11.1 Å². The van der Waals surface area contributed by atoms with Crippen LogP contribution in [0.15, 0.2) is 114 Å². The highest BCUT2D eigenvalue weighted by Crippen LogP contribution is 2.39. The van der Waals surface area contributed by atoms with Gasteiger partial charge in [0.2, 0.25) is 0 Å². The van der Waals surface area contributed by atoms with Crippen molar-refractivity contribution in [2.75, 3.05) is 4.90 Å². The smallest absolute Gasteiger partial charge is 0.268 e. The van der Waals surface area contributed by atoms with E-state index in [0.717, 1.165) is 45.0 Å². The average Bonchev–Trinajstić information content (AvgIpc) is 3.45. The molecule has 4 aromatic carbocycles. The lowest BCUT2D eigenvalue weighted by molar-refractivity contribution is -0.113. The molecule has 35 heavy (non-hydrogen) atoms. The third-order valence-electron chi connectivity index (χ3n) is 5.90. The van der Waals surface area contributed by atoms with E-state index in [1.54, 1.807) is 10.8 Å². The number of carbonyl (C=O) groups is 2. The van der Waals surface area contributed by atoms with E-state index in [1.807, 2.05) is 109 Å². The lowest BCUT2D eigenvalue weighted by Crippen LogP contribution is -2.27. The van der Waals surface area contributed by atoms with Crippen LogP contribution in [0.2, 0.25) is 0 Å². The van der Waals surface area contributed by atoms with E-state index in [1.165, 1.54) is 4.90 Å². The van der Waals surface area contributed by atoms with Crippen molar-refractivity contribution >= 4 is 45.4 Å². The molecule has 0 N–H and O–H groups in total. The van der Waals surface area contributed by atoms with Crippen LogP contribution in [0.5, 0.6) is 0 Å². The van der Waals surface area contributed by atoms with Crippen LogP contribution in [0.3, 0.4) is 0 Å². The maximum Gasteiger partial charge on any atom is 0.298 e. The van der Waals surface area contributed by atoms with Gasteiger partial charge in [0, 0.05) is 22.7 Å². The van der Waals surface area contributed by atoms with Crippen molar-refractivity contribution in [3.63, 3.8) is 0 Å². The molecule has 0 radical (unpaired) electrons.